The number of ketones is 1. The van der Waals surface area contributed by atoms with Crippen LogP contribution in [0.1, 0.15) is 42.4 Å². The Bertz CT molecular complexity index is 591. The van der Waals surface area contributed by atoms with Crippen LogP contribution >= 0.6 is 0 Å². The van der Waals surface area contributed by atoms with Gasteiger partial charge in [0.2, 0.25) is 0 Å². The van der Waals surface area contributed by atoms with E-state index in [1.165, 1.54) is 7.11 Å². The van der Waals surface area contributed by atoms with Crippen LogP contribution in [0.4, 0.5) is 0 Å². The maximum absolute atomic E-state index is 12.8. The molecule has 1 aromatic carbocycles. The second kappa shape index (κ2) is 7.62. The molecule has 0 amide bonds. The highest BCUT2D eigenvalue weighted by Crippen LogP contribution is 2.34. The Balaban J connectivity index is 2.22. The largest absolute Gasteiger partial charge is 0.496 e. The molecular formula is C19H26O4. The summed E-state index contributed by atoms with van der Waals surface area (Å²) >= 11 is 0. The molecule has 1 aromatic rings. The van der Waals surface area contributed by atoms with Crippen LogP contribution in [0.3, 0.4) is 0 Å². The highest BCUT2D eigenvalue weighted by atomic mass is 16.5. The van der Waals surface area contributed by atoms with Gasteiger partial charge in [0.1, 0.15) is 11.5 Å². The molecule has 23 heavy (non-hydrogen) atoms. The van der Waals surface area contributed by atoms with Crippen molar-refractivity contribution in [3.63, 3.8) is 0 Å². The molecule has 1 aliphatic rings. The number of hydrogen-bond donors (Lipinski definition) is 0. The van der Waals surface area contributed by atoms with E-state index in [4.69, 9.17) is 9.47 Å². The van der Waals surface area contributed by atoms with Gasteiger partial charge in [-0.2, -0.15) is 0 Å². The lowest BCUT2D eigenvalue weighted by atomic mass is 9.75. The van der Waals surface area contributed by atoms with Crippen LogP contribution < -0.4 is 4.74 Å². The monoisotopic (exact) mass is 318 g/mol. The zero-order valence-corrected chi connectivity index (χ0v) is 14.5. The van der Waals surface area contributed by atoms with E-state index in [1.54, 1.807) is 7.11 Å². The van der Waals surface area contributed by atoms with Crippen molar-refractivity contribution in [2.45, 2.75) is 46.0 Å². The summed E-state index contributed by atoms with van der Waals surface area (Å²) in [4.78, 5) is 24.8. The zero-order chi connectivity index (χ0) is 17.0. The molecule has 0 aliphatic heterocycles. The Morgan fingerprint density at radius 2 is 1.74 bits per heavy atom. The first-order chi connectivity index (χ1) is 11.0. The van der Waals surface area contributed by atoms with E-state index in [0.29, 0.717) is 6.42 Å². The Labute approximate surface area is 138 Å². The zero-order valence-electron chi connectivity index (χ0n) is 14.5. The molecule has 2 atom stereocenters. The van der Waals surface area contributed by atoms with Gasteiger partial charge in [-0.15, -0.1) is 0 Å². The molecule has 0 saturated heterocycles. The average molecular weight is 318 g/mol. The number of carbonyl (C=O) groups is 2. The van der Waals surface area contributed by atoms with Crippen molar-refractivity contribution in [2.24, 2.45) is 11.8 Å². The topological polar surface area (TPSA) is 52.6 Å². The summed E-state index contributed by atoms with van der Waals surface area (Å²) < 4.78 is 10.3. The van der Waals surface area contributed by atoms with Gasteiger partial charge in [-0.05, 0) is 43.9 Å². The van der Waals surface area contributed by atoms with Crippen LogP contribution in [-0.4, -0.2) is 26.0 Å². The first kappa shape index (κ1) is 17.5. The number of ether oxygens (including phenoxy) is 2. The van der Waals surface area contributed by atoms with E-state index in [9.17, 15) is 9.59 Å². The van der Waals surface area contributed by atoms with Crippen LogP contribution in [0.5, 0.6) is 5.75 Å². The number of Topliss-reactive ketones (excluding diaryl/α,β-unsaturated/α-hetero) is 1. The van der Waals surface area contributed by atoms with Gasteiger partial charge >= 0.3 is 5.97 Å². The van der Waals surface area contributed by atoms with E-state index in [0.717, 1.165) is 48.1 Å². The van der Waals surface area contributed by atoms with E-state index < -0.39 is 0 Å². The summed E-state index contributed by atoms with van der Waals surface area (Å²) in [7, 11) is 3.02. The van der Waals surface area contributed by atoms with Crippen molar-refractivity contribution in [2.75, 3.05) is 14.2 Å². The molecule has 1 aliphatic carbocycles. The Morgan fingerprint density at radius 1 is 1.09 bits per heavy atom. The summed E-state index contributed by atoms with van der Waals surface area (Å²) in [6.45, 7) is 4.01. The van der Waals surface area contributed by atoms with Gasteiger partial charge in [-0.25, -0.2) is 0 Å². The van der Waals surface area contributed by atoms with Gasteiger partial charge in [0, 0.05) is 17.9 Å². The van der Waals surface area contributed by atoms with Crippen molar-refractivity contribution < 1.29 is 19.1 Å². The molecule has 2 rings (SSSR count). The van der Waals surface area contributed by atoms with Crippen LogP contribution in [0, 0.1) is 25.7 Å². The molecule has 2 unspecified atom stereocenters. The average Bonchev–Trinajstić information content (AvgIpc) is 2.56. The Morgan fingerprint density at radius 3 is 2.35 bits per heavy atom. The molecule has 4 heteroatoms. The number of methoxy groups -OCH3 is 2. The minimum absolute atomic E-state index is 0.116. The van der Waals surface area contributed by atoms with Gasteiger partial charge in [0.05, 0.1) is 20.1 Å². The summed E-state index contributed by atoms with van der Waals surface area (Å²) in [6.07, 6.45) is 3.80. The third kappa shape index (κ3) is 3.92. The molecule has 0 radical (unpaired) electrons. The Hall–Kier alpha value is -1.84. The van der Waals surface area contributed by atoms with E-state index in [-0.39, 0.29) is 23.6 Å². The van der Waals surface area contributed by atoms with Crippen molar-refractivity contribution >= 4 is 11.8 Å². The van der Waals surface area contributed by atoms with Crippen molar-refractivity contribution in [1.29, 1.82) is 0 Å². The van der Waals surface area contributed by atoms with Gasteiger partial charge in [-0.1, -0.05) is 18.9 Å². The van der Waals surface area contributed by atoms with Crippen LogP contribution in [0.2, 0.25) is 0 Å². The molecule has 1 fully saturated rings. The van der Waals surface area contributed by atoms with Gasteiger partial charge in [0.25, 0.3) is 0 Å². The molecule has 126 valence electrons. The van der Waals surface area contributed by atoms with Crippen LogP contribution in [0.15, 0.2) is 12.1 Å². The molecule has 0 heterocycles. The molecule has 4 nitrogen and oxygen atoms in total. The van der Waals surface area contributed by atoms with Gasteiger partial charge in [0.15, 0.2) is 0 Å². The SMILES string of the molecule is COC(=O)C1CCCCC1C(=O)Cc1c(C)cc(C)cc1OC. The highest BCUT2D eigenvalue weighted by Gasteiger charge is 2.36. The second-order valence-electron chi connectivity index (χ2n) is 6.43. The number of aryl methyl sites for hydroxylation is 2. The third-order valence-corrected chi connectivity index (χ3v) is 4.83. The van der Waals surface area contributed by atoms with E-state index in [1.807, 2.05) is 19.9 Å². The number of esters is 1. The fourth-order valence-electron chi connectivity index (χ4n) is 3.62. The predicted molar refractivity (Wildman–Crippen MR) is 88.6 cm³/mol. The second-order valence-corrected chi connectivity index (χ2v) is 6.43. The van der Waals surface area contributed by atoms with Gasteiger partial charge < -0.3 is 9.47 Å². The molecule has 0 spiro atoms. The number of benzene rings is 1. The fourth-order valence-corrected chi connectivity index (χ4v) is 3.62. The van der Waals surface area contributed by atoms with Crippen molar-refractivity contribution in [1.82, 2.24) is 0 Å². The molecular weight excluding hydrogens is 292 g/mol. The third-order valence-electron chi connectivity index (χ3n) is 4.83. The molecule has 1 saturated carbocycles. The first-order valence-corrected chi connectivity index (χ1v) is 8.22. The van der Waals surface area contributed by atoms with Crippen LogP contribution in [-0.2, 0) is 20.7 Å². The number of carbonyl (C=O) groups excluding carboxylic acids is 2. The number of hydrogen-bond acceptors (Lipinski definition) is 4. The quantitative estimate of drug-likeness (QED) is 0.781. The van der Waals surface area contributed by atoms with E-state index >= 15 is 0 Å². The normalized spacial score (nSPS) is 20.9. The first-order valence-electron chi connectivity index (χ1n) is 8.22. The lowest BCUT2D eigenvalue weighted by Crippen LogP contribution is -2.34. The Kier molecular flexibility index (Phi) is 5.80. The predicted octanol–water partition coefficient (Wildman–Crippen LogP) is 3.40. The molecule has 0 N–H and O–H groups in total. The lowest BCUT2D eigenvalue weighted by molar-refractivity contribution is -0.151. The van der Waals surface area contributed by atoms with Crippen molar-refractivity contribution in [3.05, 3.63) is 28.8 Å². The molecule has 0 bridgehead atoms. The minimum Gasteiger partial charge on any atom is -0.496 e. The maximum atomic E-state index is 12.8. The minimum atomic E-state index is -0.294. The van der Waals surface area contributed by atoms with Crippen molar-refractivity contribution in [3.8, 4) is 5.75 Å². The smallest absolute Gasteiger partial charge is 0.309 e. The van der Waals surface area contributed by atoms with E-state index in [2.05, 4.69) is 6.07 Å². The standard InChI is InChI=1S/C19H26O4/c1-12-9-13(2)16(18(10-12)22-3)11-17(20)14-7-5-6-8-15(14)19(21)23-4/h9-10,14-15H,5-8,11H2,1-4H3. The summed E-state index contributed by atoms with van der Waals surface area (Å²) in [5.74, 6) is 0.0851. The molecule has 0 aromatic heterocycles. The number of rotatable bonds is 5. The fraction of sp³-hybridized carbons (Fsp3) is 0.579. The lowest BCUT2D eigenvalue weighted by Gasteiger charge is -2.28. The summed E-state index contributed by atoms with van der Waals surface area (Å²) in [5.41, 5.74) is 3.10. The van der Waals surface area contributed by atoms with Gasteiger partial charge in [-0.3, -0.25) is 9.59 Å². The highest BCUT2D eigenvalue weighted by molar-refractivity contribution is 5.89. The van der Waals surface area contributed by atoms with Crippen LogP contribution in [0.25, 0.3) is 0 Å². The summed E-state index contributed by atoms with van der Waals surface area (Å²) in [5, 5.41) is 0. The summed E-state index contributed by atoms with van der Waals surface area (Å²) in [6, 6.07) is 4.01. The maximum Gasteiger partial charge on any atom is 0.309 e.